The van der Waals surface area contributed by atoms with Crippen molar-refractivity contribution in [1.29, 1.82) is 0 Å². The van der Waals surface area contributed by atoms with Gasteiger partial charge >= 0.3 is 0 Å². The number of rotatable bonds is 3. The Morgan fingerprint density at radius 3 is 2.69 bits per heavy atom. The van der Waals surface area contributed by atoms with Gasteiger partial charge in [0.2, 0.25) is 0 Å². The van der Waals surface area contributed by atoms with Gasteiger partial charge in [-0.2, -0.15) is 0 Å². The molecular formula is C13H17BrO2. The fourth-order valence-corrected chi connectivity index (χ4v) is 2.48. The van der Waals surface area contributed by atoms with Crippen LogP contribution in [0.3, 0.4) is 0 Å². The van der Waals surface area contributed by atoms with Gasteiger partial charge in [-0.25, -0.2) is 0 Å². The fraction of sp³-hybridized carbons (Fsp3) is 0.538. The number of halogens is 1. The van der Waals surface area contributed by atoms with Crippen molar-refractivity contribution in [1.82, 2.24) is 0 Å². The molecule has 1 N–H and O–H groups in total. The lowest BCUT2D eigenvalue weighted by Crippen LogP contribution is -2.12. The Kier molecular flexibility index (Phi) is 3.87. The summed E-state index contributed by atoms with van der Waals surface area (Å²) in [4.78, 5) is 0. The van der Waals surface area contributed by atoms with Crippen LogP contribution in [0.4, 0.5) is 0 Å². The highest BCUT2D eigenvalue weighted by atomic mass is 79.9. The molecule has 2 rings (SSSR count). The molecular weight excluding hydrogens is 268 g/mol. The molecule has 0 spiro atoms. The average molecular weight is 285 g/mol. The summed E-state index contributed by atoms with van der Waals surface area (Å²) in [5.74, 6) is 0.816. The molecule has 0 aromatic heterocycles. The van der Waals surface area contributed by atoms with Gasteiger partial charge in [-0.05, 0) is 44.7 Å². The summed E-state index contributed by atoms with van der Waals surface area (Å²) >= 11 is 3.43. The highest BCUT2D eigenvalue weighted by Crippen LogP contribution is 2.32. The second kappa shape index (κ2) is 5.19. The summed E-state index contributed by atoms with van der Waals surface area (Å²) in [6.45, 7) is 1.77. The number of ether oxygens (including phenoxy) is 1. The molecule has 1 aliphatic rings. The maximum Gasteiger partial charge on any atom is 0.126 e. The molecule has 0 amide bonds. The molecule has 1 fully saturated rings. The van der Waals surface area contributed by atoms with E-state index in [4.69, 9.17) is 4.74 Å². The Labute approximate surface area is 105 Å². The number of aliphatic hydroxyl groups is 1. The zero-order chi connectivity index (χ0) is 11.5. The van der Waals surface area contributed by atoms with Crippen LogP contribution in [0.25, 0.3) is 0 Å². The zero-order valence-corrected chi connectivity index (χ0v) is 11.0. The van der Waals surface area contributed by atoms with Gasteiger partial charge in [0.15, 0.2) is 0 Å². The summed E-state index contributed by atoms with van der Waals surface area (Å²) in [5, 5.41) is 9.67. The fourth-order valence-electron chi connectivity index (χ4n) is 2.14. The lowest BCUT2D eigenvalue weighted by molar-refractivity contribution is 0.174. The van der Waals surface area contributed by atoms with Gasteiger partial charge in [0.05, 0.1) is 12.2 Å². The summed E-state index contributed by atoms with van der Waals surface area (Å²) < 4.78 is 6.95. The predicted molar refractivity (Wildman–Crippen MR) is 67.7 cm³/mol. The van der Waals surface area contributed by atoms with Crippen LogP contribution < -0.4 is 4.74 Å². The SMILES string of the molecule is C[C@@H](O)c1ccc(Br)cc1OC1CCCC1. The van der Waals surface area contributed by atoms with E-state index in [-0.39, 0.29) is 0 Å². The van der Waals surface area contributed by atoms with Crippen LogP contribution in [-0.4, -0.2) is 11.2 Å². The van der Waals surface area contributed by atoms with Crippen molar-refractivity contribution in [3.05, 3.63) is 28.2 Å². The van der Waals surface area contributed by atoms with E-state index in [1.165, 1.54) is 12.8 Å². The zero-order valence-electron chi connectivity index (χ0n) is 9.45. The first-order valence-electron chi connectivity index (χ1n) is 5.81. The van der Waals surface area contributed by atoms with Crippen molar-refractivity contribution in [2.24, 2.45) is 0 Å². The van der Waals surface area contributed by atoms with Gasteiger partial charge < -0.3 is 9.84 Å². The first-order chi connectivity index (χ1) is 7.66. The van der Waals surface area contributed by atoms with Crippen LogP contribution in [0.1, 0.15) is 44.3 Å². The average Bonchev–Trinajstić information content (AvgIpc) is 2.70. The quantitative estimate of drug-likeness (QED) is 0.914. The number of benzene rings is 1. The minimum absolute atomic E-state index is 0.326. The molecule has 2 nitrogen and oxygen atoms in total. The van der Waals surface area contributed by atoms with Crippen LogP contribution in [0.15, 0.2) is 22.7 Å². The number of aliphatic hydroxyl groups excluding tert-OH is 1. The Hall–Kier alpha value is -0.540. The lowest BCUT2D eigenvalue weighted by atomic mass is 10.1. The Bertz CT molecular complexity index is 357. The van der Waals surface area contributed by atoms with Crippen LogP contribution in [0.5, 0.6) is 5.75 Å². The molecule has 0 heterocycles. The molecule has 1 saturated carbocycles. The van der Waals surface area contributed by atoms with E-state index in [1.807, 2.05) is 18.2 Å². The summed E-state index contributed by atoms with van der Waals surface area (Å²) in [5.41, 5.74) is 0.870. The second-order valence-electron chi connectivity index (χ2n) is 4.38. The van der Waals surface area contributed by atoms with Gasteiger partial charge in [0.1, 0.15) is 5.75 Å². The molecule has 1 aromatic rings. The first kappa shape index (κ1) is 11.9. The monoisotopic (exact) mass is 284 g/mol. The van der Waals surface area contributed by atoms with Gasteiger partial charge in [0.25, 0.3) is 0 Å². The maximum atomic E-state index is 9.67. The molecule has 0 aliphatic heterocycles. The van der Waals surface area contributed by atoms with Gasteiger partial charge in [-0.1, -0.05) is 22.0 Å². The van der Waals surface area contributed by atoms with Crippen LogP contribution in [0.2, 0.25) is 0 Å². The number of hydrogen-bond donors (Lipinski definition) is 1. The molecule has 0 bridgehead atoms. The predicted octanol–water partition coefficient (Wildman–Crippen LogP) is 3.82. The molecule has 16 heavy (non-hydrogen) atoms. The Balaban J connectivity index is 2.19. The van der Waals surface area contributed by atoms with Crippen molar-refractivity contribution < 1.29 is 9.84 Å². The van der Waals surface area contributed by atoms with E-state index in [1.54, 1.807) is 6.92 Å². The Morgan fingerprint density at radius 1 is 1.38 bits per heavy atom. The van der Waals surface area contributed by atoms with Crippen molar-refractivity contribution in [2.75, 3.05) is 0 Å². The van der Waals surface area contributed by atoms with E-state index in [0.717, 1.165) is 28.6 Å². The number of hydrogen-bond acceptors (Lipinski definition) is 2. The van der Waals surface area contributed by atoms with E-state index in [2.05, 4.69) is 15.9 Å². The maximum absolute atomic E-state index is 9.67. The molecule has 3 heteroatoms. The third kappa shape index (κ3) is 2.77. The smallest absolute Gasteiger partial charge is 0.126 e. The third-order valence-electron chi connectivity index (χ3n) is 3.02. The van der Waals surface area contributed by atoms with Gasteiger partial charge in [-0.15, -0.1) is 0 Å². The molecule has 1 aromatic carbocycles. The molecule has 1 atom stereocenters. The second-order valence-corrected chi connectivity index (χ2v) is 5.30. The van der Waals surface area contributed by atoms with E-state index in [0.29, 0.717) is 6.10 Å². The summed E-state index contributed by atoms with van der Waals surface area (Å²) in [6, 6.07) is 5.79. The topological polar surface area (TPSA) is 29.5 Å². The van der Waals surface area contributed by atoms with E-state index < -0.39 is 6.10 Å². The van der Waals surface area contributed by atoms with Crippen molar-refractivity contribution >= 4 is 15.9 Å². The minimum atomic E-state index is -0.482. The molecule has 0 saturated heterocycles. The molecule has 88 valence electrons. The Morgan fingerprint density at radius 2 is 2.06 bits per heavy atom. The standard InChI is InChI=1S/C13H17BrO2/c1-9(15)12-7-6-10(14)8-13(12)16-11-4-2-3-5-11/h6-9,11,15H,2-5H2,1H3/t9-/m1/s1. The van der Waals surface area contributed by atoms with Crippen molar-refractivity contribution in [3.63, 3.8) is 0 Å². The van der Waals surface area contributed by atoms with Crippen LogP contribution in [0, 0.1) is 0 Å². The van der Waals surface area contributed by atoms with Gasteiger partial charge in [0, 0.05) is 10.0 Å². The van der Waals surface area contributed by atoms with Crippen LogP contribution >= 0.6 is 15.9 Å². The van der Waals surface area contributed by atoms with Crippen molar-refractivity contribution in [3.8, 4) is 5.75 Å². The lowest BCUT2D eigenvalue weighted by Gasteiger charge is -2.18. The first-order valence-corrected chi connectivity index (χ1v) is 6.60. The normalized spacial score (nSPS) is 18.7. The minimum Gasteiger partial charge on any atom is -0.490 e. The van der Waals surface area contributed by atoms with E-state index in [9.17, 15) is 5.11 Å². The van der Waals surface area contributed by atoms with Gasteiger partial charge in [-0.3, -0.25) is 0 Å². The van der Waals surface area contributed by atoms with Crippen LogP contribution in [-0.2, 0) is 0 Å². The molecule has 1 aliphatic carbocycles. The largest absolute Gasteiger partial charge is 0.490 e. The van der Waals surface area contributed by atoms with Crippen molar-refractivity contribution in [2.45, 2.75) is 44.8 Å². The van der Waals surface area contributed by atoms with E-state index >= 15 is 0 Å². The highest BCUT2D eigenvalue weighted by Gasteiger charge is 2.19. The highest BCUT2D eigenvalue weighted by molar-refractivity contribution is 9.10. The summed E-state index contributed by atoms with van der Waals surface area (Å²) in [6.07, 6.45) is 4.61. The third-order valence-corrected chi connectivity index (χ3v) is 3.51. The summed E-state index contributed by atoms with van der Waals surface area (Å²) in [7, 11) is 0. The molecule has 0 radical (unpaired) electrons. The molecule has 0 unspecified atom stereocenters.